The fourth-order valence-corrected chi connectivity index (χ4v) is 4.30. The van der Waals surface area contributed by atoms with Gasteiger partial charge in [-0.1, -0.05) is 11.8 Å². The van der Waals surface area contributed by atoms with Crippen LogP contribution in [0.4, 0.5) is 5.69 Å². The summed E-state index contributed by atoms with van der Waals surface area (Å²) in [5.41, 5.74) is 2.72. The van der Waals surface area contributed by atoms with Crippen molar-refractivity contribution < 1.29 is 19.0 Å². The Bertz CT molecular complexity index is 862. The van der Waals surface area contributed by atoms with Crippen molar-refractivity contribution in [2.75, 3.05) is 30.9 Å². The lowest BCUT2D eigenvalue weighted by Gasteiger charge is -2.15. The van der Waals surface area contributed by atoms with Gasteiger partial charge in [0, 0.05) is 18.4 Å². The molecule has 1 aromatic carbocycles. The summed E-state index contributed by atoms with van der Waals surface area (Å²) in [7, 11) is 0. The molecule has 1 N–H and O–H groups in total. The van der Waals surface area contributed by atoms with Crippen molar-refractivity contribution in [3.8, 4) is 11.5 Å². The van der Waals surface area contributed by atoms with Crippen LogP contribution in [-0.4, -0.2) is 47.1 Å². The highest BCUT2D eigenvalue weighted by Crippen LogP contribution is 2.30. The van der Waals surface area contributed by atoms with E-state index in [-0.39, 0.29) is 17.8 Å². The number of hydrogen-bond donors (Lipinski definition) is 1. The molecule has 0 bridgehead atoms. The molecule has 1 unspecified atom stereocenters. The zero-order chi connectivity index (χ0) is 21.5. The molecule has 0 aliphatic carbocycles. The predicted octanol–water partition coefficient (Wildman–Crippen LogP) is 4.21. The second kappa shape index (κ2) is 10.7. The predicted molar refractivity (Wildman–Crippen MR) is 119 cm³/mol. The molecule has 1 aliphatic heterocycles. The van der Waals surface area contributed by atoms with E-state index in [2.05, 4.69) is 21.8 Å². The van der Waals surface area contributed by atoms with Crippen LogP contribution >= 0.6 is 11.8 Å². The van der Waals surface area contributed by atoms with Crippen LogP contribution in [0, 0.1) is 13.8 Å². The molecule has 3 rings (SSSR count). The van der Waals surface area contributed by atoms with Gasteiger partial charge in [-0.15, -0.1) is 0 Å². The Morgan fingerprint density at radius 1 is 1.30 bits per heavy atom. The molecule has 1 aliphatic rings. The Morgan fingerprint density at radius 2 is 2.10 bits per heavy atom. The summed E-state index contributed by atoms with van der Waals surface area (Å²) in [4.78, 5) is 17.3. The van der Waals surface area contributed by atoms with E-state index in [1.807, 2.05) is 32.9 Å². The van der Waals surface area contributed by atoms with Gasteiger partial charge in [0.1, 0.15) is 11.5 Å². The maximum Gasteiger partial charge on any atom is 0.234 e. The normalized spacial score (nSPS) is 15.9. The summed E-state index contributed by atoms with van der Waals surface area (Å²) in [5.74, 6) is 1.47. The fraction of sp³-hybridized carbons (Fsp3) is 0.545. The molecule has 1 amide bonds. The lowest BCUT2D eigenvalue weighted by molar-refractivity contribution is -0.113. The average Bonchev–Trinajstić information content (AvgIpc) is 3.33. The zero-order valence-corrected chi connectivity index (χ0v) is 19.0. The van der Waals surface area contributed by atoms with Crippen molar-refractivity contribution in [1.82, 2.24) is 9.55 Å². The summed E-state index contributed by atoms with van der Waals surface area (Å²) in [6.07, 6.45) is 2.39. The highest BCUT2D eigenvalue weighted by atomic mass is 32.2. The molecule has 7 nitrogen and oxygen atoms in total. The minimum Gasteiger partial charge on any atom is -0.494 e. The Labute approximate surface area is 182 Å². The molecule has 1 atom stereocenters. The van der Waals surface area contributed by atoms with Crippen LogP contribution in [0.25, 0.3) is 0 Å². The Balaban J connectivity index is 1.66. The lowest BCUT2D eigenvalue weighted by Crippen LogP contribution is -2.18. The van der Waals surface area contributed by atoms with Crippen molar-refractivity contribution in [3.63, 3.8) is 0 Å². The quantitative estimate of drug-likeness (QED) is 0.566. The van der Waals surface area contributed by atoms with Gasteiger partial charge in [-0.05, 0) is 52.7 Å². The number of nitrogens with zero attached hydrogens (tertiary/aromatic N) is 2. The van der Waals surface area contributed by atoms with E-state index in [0.717, 1.165) is 42.5 Å². The van der Waals surface area contributed by atoms with Gasteiger partial charge < -0.3 is 24.1 Å². The molecule has 2 aromatic rings. The first-order valence-electron chi connectivity index (χ1n) is 10.5. The first-order valence-corrected chi connectivity index (χ1v) is 11.5. The number of carbonyl (C=O) groups excluding carboxylic acids is 1. The van der Waals surface area contributed by atoms with Gasteiger partial charge in [0.05, 0.1) is 43.0 Å². The van der Waals surface area contributed by atoms with E-state index < -0.39 is 0 Å². The van der Waals surface area contributed by atoms with E-state index in [1.54, 1.807) is 6.07 Å². The minimum absolute atomic E-state index is 0.114. The van der Waals surface area contributed by atoms with E-state index in [0.29, 0.717) is 30.4 Å². The highest BCUT2D eigenvalue weighted by Gasteiger charge is 2.21. The van der Waals surface area contributed by atoms with Crippen LogP contribution in [0.1, 0.15) is 38.1 Å². The van der Waals surface area contributed by atoms with Crippen LogP contribution in [0.3, 0.4) is 0 Å². The van der Waals surface area contributed by atoms with E-state index >= 15 is 0 Å². The number of imidazole rings is 1. The minimum atomic E-state index is -0.114. The summed E-state index contributed by atoms with van der Waals surface area (Å²) in [6, 6.07) is 5.45. The molecule has 0 radical (unpaired) electrons. The zero-order valence-electron chi connectivity index (χ0n) is 18.2. The Morgan fingerprint density at radius 3 is 2.80 bits per heavy atom. The number of ether oxygens (including phenoxy) is 3. The third-order valence-corrected chi connectivity index (χ3v) is 5.98. The smallest absolute Gasteiger partial charge is 0.234 e. The number of amides is 1. The van der Waals surface area contributed by atoms with Crippen LogP contribution in [-0.2, 0) is 16.1 Å². The van der Waals surface area contributed by atoms with Gasteiger partial charge in [-0.25, -0.2) is 4.98 Å². The van der Waals surface area contributed by atoms with E-state index in [4.69, 9.17) is 14.2 Å². The molecular formula is C22H31N3O4S. The van der Waals surface area contributed by atoms with Gasteiger partial charge >= 0.3 is 0 Å². The van der Waals surface area contributed by atoms with Gasteiger partial charge in [0.15, 0.2) is 5.16 Å². The first kappa shape index (κ1) is 22.5. The number of carbonyl (C=O) groups is 1. The molecular weight excluding hydrogens is 402 g/mol. The number of nitrogens with one attached hydrogen (secondary N) is 1. The van der Waals surface area contributed by atoms with Crippen molar-refractivity contribution in [2.45, 2.75) is 58.3 Å². The molecule has 0 spiro atoms. The topological polar surface area (TPSA) is 74.6 Å². The molecule has 8 heteroatoms. The summed E-state index contributed by atoms with van der Waals surface area (Å²) >= 11 is 1.44. The second-order valence-corrected chi connectivity index (χ2v) is 8.11. The largest absolute Gasteiger partial charge is 0.494 e. The number of rotatable bonds is 10. The van der Waals surface area contributed by atoms with E-state index in [1.165, 1.54) is 11.8 Å². The molecule has 30 heavy (non-hydrogen) atoms. The summed E-state index contributed by atoms with van der Waals surface area (Å²) in [6.45, 7) is 10.6. The fourth-order valence-electron chi connectivity index (χ4n) is 3.40. The highest BCUT2D eigenvalue weighted by molar-refractivity contribution is 7.99. The van der Waals surface area contributed by atoms with Gasteiger partial charge in [-0.3, -0.25) is 4.79 Å². The summed E-state index contributed by atoms with van der Waals surface area (Å²) < 4.78 is 19.1. The first-order chi connectivity index (χ1) is 14.5. The third-order valence-electron chi connectivity index (χ3n) is 5.00. The van der Waals surface area contributed by atoms with Crippen LogP contribution in [0.5, 0.6) is 11.5 Å². The Kier molecular flexibility index (Phi) is 8.04. The maximum atomic E-state index is 12.7. The standard InChI is InChI=1S/C22H31N3O4S/c1-5-27-17-9-10-20(28-6-2)19(12-17)24-21(26)14-30-22-23-15(3)16(4)25(22)13-18-8-7-11-29-18/h9-10,12,18H,5-8,11,13-14H2,1-4H3,(H,24,26). The number of thioether (sulfide) groups is 1. The SMILES string of the molecule is CCOc1ccc(OCC)c(NC(=O)CSc2nc(C)c(C)n2CC2CCCO2)c1. The molecule has 164 valence electrons. The monoisotopic (exact) mass is 433 g/mol. The van der Waals surface area contributed by atoms with Crippen molar-refractivity contribution >= 4 is 23.4 Å². The number of benzene rings is 1. The van der Waals surface area contributed by atoms with Crippen molar-refractivity contribution in [3.05, 3.63) is 29.6 Å². The second-order valence-electron chi connectivity index (χ2n) is 7.17. The molecule has 2 heterocycles. The molecule has 0 saturated carbocycles. The van der Waals surface area contributed by atoms with Gasteiger partial charge in [-0.2, -0.15) is 0 Å². The average molecular weight is 434 g/mol. The van der Waals surface area contributed by atoms with Gasteiger partial charge in [0.2, 0.25) is 5.91 Å². The number of anilines is 1. The van der Waals surface area contributed by atoms with Crippen molar-refractivity contribution in [2.24, 2.45) is 0 Å². The molecule has 1 fully saturated rings. The number of aromatic nitrogens is 2. The summed E-state index contributed by atoms with van der Waals surface area (Å²) in [5, 5.41) is 3.80. The number of hydrogen-bond acceptors (Lipinski definition) is 6. The van der Waals surface area contributed by atoms with E-state index in [9.17, 15) is 4.79 Å². The third kappa shape index (κ3) is 5.70. The van der Waals surface area contributed by atoms with Crippen LogP contribution in [0.15, 0.2) is 23.4 Å². The lowest BCUT2D eigenvalue weighted by atomic mass is 10.2. The molecule has 1 aromatic heterocycles. The van der Waals surface area contributed by atoms with Crippen LogP contribution < -0.4 is 14.8 Å². The van der Waals surface area contributed by atoms with Crippen LogP contribution in [0.2, 0.25) is 0 Å². The Hall–Kier alpha value is -2.19. The molecule has 1 saturated heterocycles. The van der Waals surface area contributed by atoms with Crippen molar-refractivity contribution in [1.29, 1.82) is 0 Å². The maximum absolute atomic E-state index is 12.7. The van der Waals surface area contributed by atoms with Gasteiger partial charge in [0.25, 0.3) is 0 Å². The number of aryl methyl sites for hydroxylation is 1.